The molecule has 0 radical (unpaired) electrons. The summed E-state index contributed by atoms with van der Waals surface area (Å²) in [4.78, 5) is 54.5. The number of hydrogen-bond acceptors (Lipinski definition) is 9. The highest BCUT2D eigenvalue weighted by Crippen LogP contribution is 2.60. The number of benzene rings is 3. The van der Waals surface area contributed by atoms with E-state index in [0.717, 1.165) is 25.7 Å². The van der Waals surface area contributed by atoms with Crippen molar-refractivity contribution >= 4 is 46.0 Å². The summed E-state index contributed by atoms with van der Waals surface area (Å²) in [5, 5.41) is 23.3. The highest BCUT2D eigenvalue weighted by atomic mass is 19.1. The Morgan fingerprint density at radius 2 is 1.30 bits per heavy atom. The van der Waals surface area contributed by atoms with Crippen LogP contribution in [0.1, 0.15) is 41.5 Å². The average Bonchev–Trinajstić information content (AvgIpc) is 3.97. The fourth-order valence-electron chi connectivity index (χ4n) is 7.45. The van der Waals surface area contributed by atoms with Crippen molar-refractivity contribution in [1.82, 2.24) is 9.88 Å². The second-order valence-corrected chi connectivity index (χ2v) is 14.4. The molecule has 0 bridgehead atoms. The van der Waals surface area contributed by atoms with Crippen LogP contribution in [0.15, 0.2) is 66.9 Å². The molecule has 2 saturated carbocycles. The van der Waals surface area contributed by atoms with Crippen molar-refractivity contribution in [2.45, 2.75) is 41.5 Å². The lowest BCUT2D eigenvalue weighted by molar-refractivity contribution is -0.158. The van der Waals surface area contributed by atoms with E-state index in [9.17, 15) is 23.6 Å². The number of halogens is 2. The summed E-state index contributed by atoms with van der Waals surface area (Å²) in [7, 11) is 1.54. The molecule has 15 heteroatoms. The second kappa shape index (κ2) is 17.1. The van der Waals surface area contributed by atoms with Gasteiger partial charge in [-0.25, -0.2) is 8.78 Å². The molecule has 2 aliphatic rings. The van der Waals surface area contributed by atoms with Crippen LogP contribution in [0.3, 0.4) is 0 Å². The zero-order chi connectivity index (χ0) is 41.8. The molecule has 304 valence electrons. The number of carboxylic acid groups (broad SMARTS) is 2. The summed E-state index contributed by atoms with van der Waals surface area (Å²) in [6.07, 6.45) is 1.56. The normalized spacial score (nSPS) is 21.4. The highest BCUT2D eigenvalue weighted by molar-refractivity contribution is 6.17. The molecule has 4 N–H and O–H groups in total. The first kappa shape index (κ1) is 42.3. The topological polar surface area (TPSA) is 177 Å². The summed E-state index contributed by atoms with van der Waals surface area (Å²) in [5.41, 5.74) is -1.74. The molecule has 5 atom stereocenters. The van der Waals surface area contributed by atoms with Gasteiger partial charge in [-0.15, -0.1) is 0 Å². The first-order chi connectivity index (χ1) is 27.1. The molecule has 2 aliphatic carbocycles. The standard InChI is InChI=1S/C35H38F2N4O5.C7H10O4/c1-6-41(7-2)16-17-45-32-20-28-26(19-31(32)44-5)29(14-15-38-28)46-30-13-12-25(18-27(30)37)40-34(43)35(21(3)22(35)4)33(42)39-24-10-8-23(36)9-11-24;1-3-4(2)7(3,5(8)9)6(10)11/h8-15,18-22H,6-7,16-17H2,1-5H3,(H,39,42)(H,40,43);3-4H,1-2H3,(H,8,9)(H,10,11)/t21-,22+,35?;. The molecule has 0 spiro atoms. The zero-order valence-electron chi connectivity index (χ0n) is 32.9. The van der Waals surface area contributed by atoms with E-state index < -0.39 is 46.2 Å². The molecule has 0 saturated heterocycles. The molecule has 1 aromatic heterocycles. The Bertz CT molecular complexity index is 2110. The van der Waals surface area contributed by atoms with Gasteiger partial charge in [0, 0.05) is 41.6 Å². The molecule has 6 rings (SSSR count). The van der Waals surface area contributed by atoms with E-state index in [1.807, 2.05) is 0 Å². The van der Waals surface area contributed by atoms with E-state index >= 15 is 4.39 Å². The van der Waals surface area contributed by atoms with Gasteiger partial charge in [-0.05, 0) is 85.3 Å². The molecule has 4 aromatic rings. The van der Waals surface area contributed by atoms with Crippen molar-refractivity contribution < 1.29 is 52.4 Å². The van der Waals surface area contributed by atoms with E-state index in [0.29, 0.717) is 40.4 Å². The number of pyridine rings is 1. The number of carbonyl (C=O) groups is 4. The number of carbonyl (C=O) groups excluding carboxylic acids is 2. The zero-order valence-corrected chi connectivity index (χ0v) is 32.9. The van der Waals surface area contributed by atoms with Gasteiger partial charge in [-0.3, -0.25) is 24.2 Å². The number of carboxylic acids is 2. The Labute approximate surface area is 329 Å². The van der Waals surface area contributed by atoms with Crippen LogP contribution >= 0.6 is 0 Å². The molecule has 13 nitrogen and oxygen atoms in total. The van der Waals surface area contributed by atoms with E-state index in [4.69, 9.17) is 24.4 Å². The predicted molar refractivity (Wildman–Crippen MR) is 209 cm³/mol. The molecule has 3 unspecified atom stereocenters. The minimum atomic E-state index is -1.50. The third-order valence-corrected chi connectivity index (χ3v) is 11.7. The Hall–Kier alpha value is -5.83. The van der Waals surface area contributed by atoms with Crippen molar-refractivity contribution in [3.8, 4) is 23.0 Å². The third kappa shape index (κ3) is 8.20. The quantitative estimate of drug-likeness (QED) is 0.0889. The van der Waals surface area contributed by atoms with Crippen molar-refractivity contribution in [2.24, 2.45) is 34.5 Å². The largest absolute Gasteiger partial charge is 0.493 e. The number of fused-ring (bicyclic) bond motifs is 1. The Morgan fingerprint density at radius 3 is 1.79 bits per heavy atom. The van der Waals surface area contributed by atoms with Crippen molar-refractivity contribution in [1.29, 1.82) is 0 Å². The Kier molecular flexibility index (Phi) is 12.7. The number of anilines is 2. The van der Waals surface area contributed by atoms with Crippen LogP contribution in [0, 0.1) is 46.1 Å². The van der Waals surface area contributed by atoms with Gasteiger partial charge in [0.2, 0.25) is 11.8 Å². The van der Waals surface area contributed by atoms with Gasteiger partial charge in [0.1, 0.15) is 23.6 Å². The van der Waals surface area contributed by atoms with Crippen LogP contribution in [-0.4, -0.2) is 77.2 Å². The number of amides is 2. The number of methoxy groups -OCH3 is 1. The van der Waals surface area contributed by atoms with Crippen LogP contribution in [0.2, 0.25) is 0 Å². The number of rotatable bonds is 15. The minimum Gasteiger partial charge on any atom is -0.493 e. The fourth-order valence-corrected chi connectivity index (χ4v) is 7.45. The van der Waals surface area contributed by atoms with Gasteiger partial charge in [-0.1, -0.05) is 41.5 Å². The maximum absolute atomic E-state index is 15.4. The van der Waals surface area contributed by atoms with Gasteiger partial charge in [-0.2, -0.15) is 0 Å². The first-order valence-electron chi connectivity index (χ1n) is 18.7. The highest BCUT2D eigenvalue weighted by Gasteiger charge is 2.71. The monoisotopic (exact) mass is 790 g/mol. The fraction of sp³-hybridized carbons (Fsp3) is 0.405. The summed E-state index contributed by atoms with van der Waals surface area (Å²) < 4.78 is 46.2. The van der Waals surface area contributed by atoms with Crippen molar-refractivity contribution in [3.05, 3.63) is 78.5 Å². The maximum atomic E-state index is 15.4. The Balaban J connectivity index is 0.000000486. The van der Waals surface area contributed by atoms with Gasteiger partial charge >= 0.3 is 11.9 Å². The Morgan fingerprint density at radius 1 is 0.737 bits per heavy atom. The molecule has 3 aromatic carbocycles. The number of hydrogen-bond donors (Lipinski definition) is 4. The predicted octanol–water partition coefficient (Wildman–Crippen LogP) is 7.31. The van der Waals surface area contributed by atoms with Crippen molar-refractivity contribution in [3.63, 3.8) is 0 Å². The molecule has 57 heavy (non-hydrogen) atoms. The van der Waals surface area contributed by atoms with E-state index in [1.54, 1.807) is 59.2 Å². The summed E-state index contributed by atoms with van der Waals surface area (Å²) in [6.45, 7) is 14.2. The lowest BCUT2D eigenvalue weighted by atomic mass is 9.99. The van der Waals surface area contributed by atoms with E-state index in [2.05, 4.69) is 34.4 Å². The lowest BCUT2D eigenvalue weighted by Gasteiger charge is -2.19. The maximum Gasteiger partial charge on any atom is 0.321 e. The molecule has 0 aliphatic heterocycles. The van der Waals surface area contributed by atoms with Gasteiger partial charge in [0.05, 0.1) is 12.6 Å². The van der Waals surface area contributed by atoms with Crippen LogP contribution in [0.25, 0.3) is 10.9 Å². The van der Waals surface area contributed by atoms with Crippen LogP contribution in [-0.2, 0) is 19.2 Å². The number of likely N-dealkylation sites (N-methyl/N-ethyl adjacent to an activating group) is 1. The van der Waals surface area contributed by atoms with E-state index in [-0.39, 0.29) is 35.1 Å². The molecule has 1 heterocycles. The molecule has 2 amide bonds. The van der Waals surface area contributed by atoms with Gasteiger partial charge in [0.15, 0.2) is 28.5 Å². The number of nitrogens with one attached hydrogen (secondary N) is 2. The number of nitrogens with zero attached hydrogens (tertiary/aromatic N) is 2. The smallest absolute Gasteiger partial charge is 0.321 e. The van der Waals surface area contributed by atoms with Gasteiger partial charge < -0.3 is 40.0 Å². The molecular formula is C42H48F2N4O9. The van der Waals surface area contributed by atoms with Crippen LogP contribution in [0.5, 0.6) is 23.0 Å². The average molecular weight is 791 g/mol. The lowest BCUT2D eigenvalue weighted by Crippen LogP contribution is -2.38. The SMILES string of the molecule is CC1C(C)C1(C(=O)O)C(=O)O.CCN(CC)CCOc1cc2nccc(Oc3ccc(NC(=O)C4(C(=O)Nc5ccc(F)cc5)[C@H](C)[C@@H]4C)cc3F)c2cc1OC. The third-order valence-electron chi connectivity index (χ3n) is 11.7. The summed E-state index contributed by atoms with van der Waals surface area (Å²) in [5.74, 6) is -4.35. The van der Waals surface area contributed by atoms with Crippen molar-refractivity contribution in [2.75, 3.05) is 44.0 Å². The van der Waals surface area contributed by atoms with Crippen LogP contribution in [0.4, 0.5) is 20.2 Å². The molecular weight excluding hydrogens is 742 g/mol. The van der Waals surface area contributed by atoms with Crippen LogP contribution < -0.4 is 24.8 Å². The summed E-state index contributed by atoms with van der Waals surface area (Å²) in [6, 6.07) is 14.5. The number of aromatic nitrogens is 1. The number of aliphatic carboxylic acids is 2. The van der Waals surface area contributed by atoms with Gasteiger partial charge in [0.25, 0.3) is 0 Å². The van der Waals surface area contributed by atoms with E-state index in [1.165, 1.54) is 36.4 Å². The second-order valence-electron chi connectivity index (χ2n) is 14.4. The number of ether oxygens (including phenoxy) is 3. The first-order valence-corrected chi connectivity index (χ1v) is 18.7. The molecule has 2 fully saturated rings. The minimum absolute atomic E-state index is 0.0686. The summed E-state index contributed by atoms with van der Waals surface area (Å²) >= 11 is 0.